The summed E-state index contributed by atoms with van der Waals surface area (Å²) < 4.78 is 10.8. The lowest BCUT2D eigenvalue weighted by atomic mass is 10.3. The minimum atomic E-state index is 0.512. The van der Waals surface area contributed by atoms with Crippen molar-refractivity contribution in [2.45, 2.75) is 0 Å². The molecule has 0 fully saturated rings. The van der Waals surface area contributed by atoms with Gasteiger partial charge in [0, 0.05) is 0 Å². The van der Waals surface area contributed by atoms with Crippen LogP contribution in [0.15, 0.2) is 16.6 Å². The number of ether oxygens (including phenoxy) is 2. The first-order chi connectivity index (χ1) is 6.24. The van der Waals surface area contributed by atoms with Crippen LogP contribution in [0.25, 0.3) is 4.85 Å². The zero-order valence-corrected chi connectivity index (χ0v) is 8.88. The highest BCUT2D eigenvalue weighted by Crippen LogP contribution is 2.41. The van der Waals surface area contributed by atoms with E-state index in [1.165, 1.54) is 7.11 Å². The molecule has 0 aromatic heterocycles. The van der Waals surface area contributed by atoms with Gasteiger partial charge in [-0.3, -0.25) is 0 Å². The Morgan fingerprint density at radius 3 is 2.46 bits per heavy atom. The topological polar surface area (TPSA) is 22.8 Å². The zero-order valence-electron chi connectivity index (χ0n) is 7.30. The van der Waals surface area contributed by atoms with Crippen LogP contribution in [0.4, 0.5) is 5.69 Å². The number of hydrogen-bond donors (Lipinski definition) is 0. The quantitative estimate of drug-likeness (QED) is 0.744. The van der Waals surface area contributed by atoms with Gasteiger partial charge in [0.05, 0.1) is 25.3 Å². The van der Waals surface area contributed by atoms with E-state index in [9.17, 15) is 0 Å². The summed E-state index contributed by atoms with van der Waals surface area (Å²) in [6.07, 6.45) is 0. The third-order valence-electron chi connectivity index (χ3n) is 1.59. The van der Waals surface area contributed by atoms with Gasteiger partial charge < -0.3 is 9.47 Å². The molecular formula is C9H8BrNO2. The Morgan fingerprint density at radius 1 is 1.31 bits per heavy atom. The van der Waals surface area contributed by atoms with Gasteiger partial charge in [-0.2, -0.15) is 0 Å². The van der Waals surface area contributed by atoms with Gasteiger partial charge in [-0.05, 0) is 6.07 Å². The lowest BCUT2D eigenvalue weighted by Gasteiger charge is -2.09. The summed E-state index contributed by atoms with van der Waals surface area (Å²) in [7, 11) is 3.10. The van der Waals surface area contributed by atoms with Crippen LogP contribution in [0.2, 0.25) is 0 Å². The molecule has 1 aromatic carbocycles. The summed E-state index contributed by atoms with van der Waals surface area (Å²) in [4.78, 5) is 3.32. The third kappa shape index (κ3) is 1.76. The number of halogens is 1. The molecule has 0 amide bonds. The molecule has 68 valence electrons. The number of hydrogen-bond acceptors (Lipinski definition) is 2. The monoisotopic (exact) mass is 241 g/mol. The first kappa shape index (κ1) is 9.87. The predicted octanol–water partition coefficient (Wildman–Crippen LogP) is 3.02. The Labute approximate surface area is 85.2 Å². The minimum Gasteiger partial charge on any atom is -0.493 e. The van der Waals surface area contributed by atoms with Crippen LogP contribution in [-0.2, 0) is 0 Å². The van der Waals surface area contributed by atoms with Gasteiger partial charge in [-0.1, -0.05) is 22.0 Å². The van der Waals surface area contributed by atoms with Crippen LogP contribution >= 0.6 is 15.9 Å². The van der Waals surface area contributed by atoms with Gasteiger partial charge in [0.15, 0.2) is 11.5 Å². The lowest BCUT2D eigenvalue weighted by molar-refractivity contribution is 0.353. The Balaban J connectivity index is 3.34. The Bertz CT molecular complexity index is 357. The zero-order chi connectivity index (χ0) is 9.84. The number of benzene rings is 1. The summed E-state index contributed by atoms with van der Waals surface area (Å²) in [6, 6.07) is 3.38. The molecule has 0 spiro atoms. The molecule has 4 heteroatoms. The molecule has 0 saturated carbocycles. The van der Waals surface area contributed by atoms with Crippen molar-refractivity contribution < 1.29 is 9.47 Å². The fraction of sp³-hybridized carbons (Fsp3) is 0.222. The third-order valence-corrected chi connectivity index (χ3v) is 2.35. The van der Waals surface area contributed by atoms with Crippen molar-refractivity contribution in [2.75, 3.05) is 14.2 Å². The average molecular weight is 242 g/mol. The molecule has 1 rings (SSSR count). The van der Waals surface area contributed by atoms with Gasteiger partial charge in [0.25, 0.3) is 0 Å². The molecule has 0 aliphatic rings. The van der Waals surface area contributed by atoms with E-state index in [4.69, 9.17) is 16.0 Å². The molecule has 3 nitrogen and oxygen atoms in total. The molecule has 0 unspecified atom stereocenters. The van der Waals surface area contributed by atoms with E-state index in [0.717, 1.165) is 0 Å². The van der Waals surface area contributed by atoms with Crippen molar-refractivity contribution >= 4 is 21.6 Å². The standard InChI is InChI=1S/C9H8BrNO2/c1-11-6-4-5-7(12-2)9(13-3)8(6)10/h4-5H,2-3H3. The Kier molecular flexibility index (Phi) is 3.15. The van der Waals surface area contributed by atoms with E-state index >= 15 is 0 Å². The highest BCUT2D eigenvalue weighted by Gasteiger charge is 2.11. The molecule has 0 atom stereocenters. The second-order valence-electron chi connectivity index (χ2n) is 2.25. The Hall–Kier alpha value is -1.21. The molecule has 13 heavy (non-hydrogen) atoms. The molecule has 0 aliphatic carbocycles. The van der Waals surface area contributed by atoms with E-state index in [1.54, 1.807) is 19.2 Å². The van der Waals surface area contributed by atoms with Crippen molar-refractivity contribution in [3.63, 3.8) is 0 Å². The van der Waals surface area contributed by atoms with Gasteiger partial charge in [0.2, 0.25) is 5.69 Å². The lowest BCUT2D eigenvalue weighted by Crippen LogP contribution is -1.90. The van der Waals surface area contributed by atoms with Crippen LogP contribution in [0.5, 0.6) is 11.5 Å². The highest BCUT2D eigenvalue weighted by atomic mass is 79.9. The van der Waals surface area contributed by atoms with Crippen LogP contribution in [0.1, 0.15) is 0 Å². The van der Waals surface area contributed by atoms with Crippen molar-refractivity contribution in [3.8, 4) is 11.5 Å². The molecule has 1 aromatic rings. The fourth-order valence-electron chi connectivity index (χ4n) is 0.965. The van der Waals surface area contributed by atoms with E-state index in [-0.39, 0.29) is 0 Å². The van der Waals surface area contributed by atoms with E-state index in [1.807, 2.05) is 0 Å². The van der Waals surface area contributed by atoms with Gasteiger partial charge in [0.1, 0.15) is 0 Å². The van der Waals surface area contributed by atoms with E-state index in [2.05, 4.69) is 20.8 Å². The second-order valence-corrected chi connectivity index (χ2v) is 3.04. The Morgan fingerprint density at radius 2 is 2.00 bits per heavy atom. The van der Waals surface area contributed by atoms with Crippen LogP contribution < -0.4 is 9.47 Å². The molecule has 0 bridgehead atoms. The maximum atomic E-state index is 6.88. The molecule has 0 N–H and O–H groups in total. The summed E-state index contributed by atoms with van der Waals surface area (Å²) in [5.41, 5.74) is 0.512. The normalized spacial score (nSPS) is 9.08. The van der Waals surface area contributed by atoms with Crippen molar-refractivity contribution in [1.29, 1.82) is 0 Å². The van der Waals surface area contributed by atoms with E-state index in [0.29, 0.717) is 21.7 Å². The minimum absolute atomic E-state index is 0.512. The van der Waals surface area contributed by atoms with Crippen LogP contribution in [0, 0.1) is 6.57 Å². The molecule has 0 radical (unpaired) electrons. The summed E-state index contributed by atoms with van der Waals surface area (Å²) in [6.45, 7) is 6.88. The van der Waals surface area contributed by atoms with Crippen molar-refractivity contribution in [3.05, 3.63) is 28.0 Å². The highest BCUT2D eigenvalue weighted by molar-refractivity contribution is 9.10. The van der Waals surface area contributed by atoms with E-state index < -0.39 is 0 Å². The maximum Gasteiger partial charge on any atom is 0.205 e. The molecule has 0 heterocycles. The summed E-state index contributed by atoms with van der Waals surface area (Å²) >= 11 is 3.27. The average Bonchev–Trinajstić information content (AvgIpc) is 2.17. The van der Waals surface area contributed by atoms with Gasteiger partial charge >= 0.3 is 0 Å². The number of methoxy groups -OCH3 is 2. The largest absolute Gasteiger partial charge is 0.493 e. The SMILES string of the molecule is [C-]#[N+]c1ccc(OC)c(OC)c1Br. The second kappa shape index (κ2) is 4.15. The number of nitrogens with zero attached hydrogens (tertiary/aromatic N) is 1. The molecule has 0 saturated heterocycles. The predicted molar refractivity (Wildman–Crippen MR) is 53.5 cm³/mol. The molecular weight excluding hydrogens is 234 g/mol. The van der Waals surface area contributed by atoms with Gasteiger partial charge in [-0.15, -0.1) is 0 Å². The molecule has 0 aliphatic heterocycles. The summed E-state index contributed by atoms with van der Waals surface area (Å²) in [5.74, 6) is 1.16. The smallest absolute Gasteiger partial charge is 0.205 e. The van der Waals surface area contributed by atoms with Crippen molar-refractivity contribution in [2.24, 2.45) is 0 Å². The fourth-order valence-corrected chi connectivity index (χ4v) is 1.54. The van der Waals surface area contributed by atoms with Crippen molar-refractivity contribution in [1.82, 2.24) is 0 Å². The first-order valence-electron chi connectivity index (χ1n) is 3.52. The van der Waals surface area contributed by atoms with Crippen LogP contribution in [0.3, 0.4) is 0 Å². The maximum absolute atomic E-state index is 6.88. The number of rotatable bonds is 2. The van der Waals surface area contributed by atoms with Crippen LogP contribution in [-0.4, -0.2) is 14.2 Å². The first-order valence-corrected chi connectivity index (χ1v) is 4.31. The summed E-state index contributed by atoms with van der Waals surface area (Å²) in [5, 5.41) is 0. The van der Waals surface area contributed by atoms with Gasteiger partial charge in [-0.25, -0.2) is 4.85 Å².